The van der Waals surface area contributed by atoms with Crippen LogP contribution in [0.15, 0.2) is 34.4 Å². The molecule has 1 saturated heterocycles. The van der Waals surface area contributed by atoms with E-state index in [2.05, 4.69) is 50.6 Å². The van der Waals surface area contributed by atoms with Crippen molar-refractivity contribution in [2.75, 3.05) is 38.0 Å². The maximum absolute atomic E-state index is 13.0. The van der Waals surface area contributed by atoms with E-state index in [1.807, 2.05) is 17.9 Å². The van der Waals surface area contributed by atoms with Crippen LogP contribution in [0.3, 0.4) is 0 Å². The average Bonchev–Trinajstić information content (AvgIpc) is 3.28. The summed E-state index contributed by atoms with van der Waals surface area (Å²) in [4.78, 5) is 43.3. The summed E-state index contributed by atoms with van der Waals surface area (Å²) in [7, 11) is 0. The molecule has 10 heteroatoms. The number of carbonyl (C=O) groups excluding carboxylic acids is 2. The zero-order valence-corrected chi connectivity index (χ0v) is 22.7. The normalized spacial score (nSPS) is 19.8. The first-order chi connectivity index (χ1) is 18.3. The molecule has 2 fully saturated rings. The second-order valence-corrected chi connectivity index (χ2v) is 10.9. The summed E-state index contributed by atoms with van der Waals surface area (Å²) in [5, 5.41) is 6.22. The molecule has 2 aromatic rings. The topological polar surface area (TPSA) is 107 Å². The maximum atomic E-state index is 13.0. The molecule has 2 aromatic heterocycles. The summed E-state index contributed by atoms with van der Waals surface area (Å²) in [6.07, 6.45) is 7.07. The molecule has 2 N–H and O–H groups in total. The highest BCUT2D eigenvalue weighted by Crippen LogP contribution is 2.42. The second kappa shape index (κ2) is 10.7. The molecule has 202 valence electrons. The molecule has 10 nitrogen and oxygen atoms in total. The van der Waals surface area contributed by atoms with Crippen molar-refractivity contribution in [3.8, 4) is 0 Å². The summed E-state index contributed by atoms with van der Waals surface area (Å²) in [6.45, 7) is 13.8. The van der Waals surface area contributed by atoms with Crippen molar-refractivity contribution in [2.24, 2.45) is 9.98 Å². The van der Waals surface area contributed by atoms with Gasteiger partial charge in [-0.05, 0) is 64.1 Å². The highest BCUT2D eigenvalue weighted by atomic mass is 16.2. The van der Waals surface area contributed by atoms with Crippen molar-refractivity contribution in [3.05, 3.63) is 41.2 Å². The van der Waals surface area contributed by atoms with E-state index in [1.165, 1.54) is 6.42 Å². The lowest BCUT2D eigenvalue weighted by Gasteiger charge is -2.43. The first-order valence-corrected chi connectivity index (χ1v) is 13.6. The minimum absolute atomic E-state index is 0.00492. The Morgan fingerprint density at radius 2 is 1.89 bits per heavy atom. The highest BCUT2D eigenvalue weighted by molar-refractivity contribution is 5.99. The van der Waals surface area contributed by atoms with Crippen LogP contribution in [0.1, 0.15) is 72.4 Å². The van der Waals surface area contributed by atoms with Gasteiger partial charge in [0.15, 0.2) is 0 Å². The number of aryl methyl sites for hydroxylation is 1. The number of nitrogens with one attached hydrogen (secondary N) is 2. The van der Waals surface area contributed by atoms with E-state index in [9.17, 15) is 9.59 Å². The lowest BCUT2D eigenvalue weighted by Crippen LogP contribution is -2.52. The van der Waals surface area contributed by atoms with Gasteiger partial charge >= 0.3 is 0 Å². The van der Waals surface area contributed by atoms with E-state index in [0.29, 0.717) is 48.7 Å². The number of aromatic nitrogens is 2. The van der Waals surface area contributed by atoms with Crippen LogP contribution >= 0.6 is 0 Å². The van der Waals surface area contributed by atoms with Crippen LogP contribution in [0.4, 0.5) is 11.6 Å². The van der Waals surface area contributed by atoms with Crippen LogP contribution in [0.25, 0.3) is 0 Å². The third kappa shape index (κ3) is 4.97. The summed E-state index contributed by atoms with van der Waals surface area (Å²) >= 11 is 0. The number of pyridine rings is 1. The van der Waals surface area contributed by atoms with Gasteiger partial charge in [0, 0.05) is 45.0 Å². The zero-order valence-electron chi connectivity index (χ0n) is 22.7. The number of aliphatic imine (C=N–C) groups is 2. The van der Waals surface area contributed by atoms with E-state index in [0.717, 1.165) is 50.2 Å². The number of piperazine rings is 1. The number of fused-ring (bicyclic) bond motifs is 2. The van der Waals surface area contributed by atoms with Gasteiger partial charge in [0.25, 0.3) is 11.8 Å². The van der Waals surface area contributed by atoms with Crippen LogP contribution in [0, 0.1) is 6.92 Å². The summed E-state index contributed by atoms with van der Waals surface area (Å²) in [6, 6.07) is 5.93. The van der Waals surface area contributed by atoms with E-state index >= 15 is 0 Å². The van der Waals surface area contributed by atoms with Crippen LogP contribution in [0.5, 0.6) is 0 Å². The van der Waals surface area contributed by atoms with Gasteiger partial charge in [-0.2, -0.15) is 4.99 Å². The average molecular weight is 519 g/mol. The number of carbonyl (C=O) groups is 2. The Balaban J connectivity index is 1.34. The van der Waals surface area contributed by atoms with Gasteiger partial charge in [-0.25, -0.2) is 9.98 Å². The molecule has 0 radical (unpaired) electrons. The second-order valence-electron chi connectivity index (χ2n) is 10.9. The third-order valence-corrected chi connectivity index (χ3v) is 8.17. The van der Waals surface area contributed by atoms with Crippen LogP contribution < -0.4 is 10.6 Å². The Kier molecular flexibility index (Phi) is 7.34. The van der Waals surface area contributed by atoms with Gasteiger partial charge in [0.2, 0.25) is 5.96 Å². The minimum atomic E-state index is -0.165. The number of nitrogens with zero attached hydrogens (tertiary/aromatic N) is 6. The van der Waals surface area contributed by atoms with E-state index < -0.39 is 0 Å². The molecular formula is C28H38N8O2. The quantitative estimate of drug-likeness (QED) is 0.475. The minimum Gasteiger partial charge on any atom is -0.348 e. The Morgan fingerprint density at radius 1 is 1.16 bits per heavy atom. The number of rotatable bonds is 4. The van der Waals surface area contributed by atoms with Crippen molar-refractivity contribution >= 4 is 36.1 Å². The molecule has 0 aromatic carbocycles. The Labute approximate surface area is 224 Å². The molecule has 0 atom stereocenters. The number of anilines is 1. The smallest absolute Gasteiger partial charge is 0.268 e. The van der Waals surface area contributed by atoms with Gasteiger partial charge < -0.3 is 20.1 Å². The standard InChI is InChI=1S/C28H38N8O2/c1-19(2)34-12-14-35(15-13-34)26(38)21-8-9-23(30-17-21)32-27(29-4)33-24-20(3)16-22-25(37)31-18-28(36(22)24)10-6-5-7-11-28/h8-9,16-17,19H,4-7,10-15,18H2,1-3H3,(H,31,37)(H,30,32,33). The lowest BCUT2D eigenvalue weighted by atomic mass is 9.80. The summed E-state index contributed by atoms with van der Waals surface area (Å²) in [5.41, 5.74) is 1.95. The lowest BCUT2D eigenvalue weighted by molar-refractivity contribution is 0.0595. The van der Waals surface area contributed by atoms with Gasteiger partial charge in [0.05, 0.1) is 11.1 Å². The van der Waals surface area contributed by atoms with Crippen LogP contribution in [-0.2, 0) is 5.54 Å². The molecule has 1 aliphatic carbocycles. The molecule has 0 unspecified atom stereocenters. The predicted molar refractivity (Wildman–Crippen MR) is 150 cm³/mol. The molecule has 2 aliphatic heterocycles. The van der Waals surface area contributed by atoms with Crippen LogP contribution in [-0.4, -0.2) is 82.6 Å². The van der Waals surface area contributed by atoms with E-state index in [4.69, 9.17) is 4.99 Å². The molecule has 4 heterocycles. The third-order valence-electron chi connectivity index (χ3n) is 8.17. The summed E-state index contributed by atoms with van der Waals surface area (Å²) < 4.78 is 2.13. The first kappa shape index (κ1) is 26.1. The van der Waals surface area contributed by atoms with Gasteiger partial charge in [-0.3, -0.25) is 14.5 Å². The Morgan fingerprint density at radius 3 is 2.53 bits per heavy atom. The SMILES string of the molecule is C=N/C(=N\c1c(C)cc2n1C1(CCCCC1)CNC2=O)Nc1ccc(C(=O)N2CCN(C(C)C)CC2)cn1. The Bertz CT molecular complexity index is 1230. The van der Waals surface area contributed by atoms with Crippen molar-refractivity contribution in [1.82, 2.24) is 24.7 Å². The largest absolute Gasteiger partial charge is 0.348 e. The monoisotopic (exact) mass is 518 g/mol. The first-order valence-electron chi connectivity index (χ1n) is 13.6. The maximum Gasteiger partial charge on any atom is 0.268 e. The number of hydrogen-bond acceptors (Lipinski definition) is 5. The molecule has 2 amide bonds. The van der Waals surface area contributed by atoms with Gasteiger partial charge in [-0.1, -0.05) is 19.3 Å². The molecule has 1 saturated carbocycles. The molecule has 5 rings (SSSR count). The van der Waals surface area contributed by atoms with Crippen LogP contribution in [0.2, 0.25) is 0 Å². The number of guanidine groups is 1. The fourth-order valence-electron chi connectivity index (χ4n) is 5.97. The highest BCUT2D eigenvalue weighted by Gasteiger charge is 2.42. The summed E-state index contributed by atoms with van der Waals surface area (Å²) in [5.74, 6) is 1.46. The van der Waals surface area contributed by atoms with Crippen molar-refractivity contribution in [2.45, 2.75) is 64.5 Å². The predicted octanol–water partition coefficient (Wildman–Crippen LogP) is 3.56. The van der Waals surface area contributed by atoms with E-state index in [-0.39, 0.29) is 17.4 Å². The van der Waals surface area contributed by atoms with Gasteiger partial charge in [-0.15, -0.1) is 0 Å². The zero-order chi connectivity index (χ0) is 26.9. The molecule has 3 aliphatic rings. The number of amides is 2. The molecular weight excluding hydrogens is 480 g/mol. The molecule has 1 spiro atoms. The Hall–Kier alpha value is -3.53. The number of hydrogen-bond donors (Lipinski definition) is 2. The molecule has 0 bridgehead atoms. The fraction of sp³-hybridized carbons (Fsp3) is 0.536. The van der Waals surface area contributed by atoms with E-state index in [1.54, 1.807) is 18.3 Å². The van der Waals surface area contributed by atoms with Gasteiger partial charge in [0.1, 0.15) is 17.3 Å². The molecule has 38 heavy (non-hydrogen) atoms. The van der Waals surface area contributed by atoms with Crippen molar-refractivity contribution in [3.63, 3.8) is 0 Å². The fourth-order valence-corrected chi connectivity index (χ4v) is 5.97. The van der Waals surface area contributed by atoms with Crippen molar-refractivity contribution in [1.29, 1.82) is 0 Å². The van der Waals surface area contributed by atoms with Crippen molar-refractivity contribution < 1.29 is 9.59 Å².